The fourth-order valence-electron chi connectivity index (χ4n) is 2.53. The van der Waals surface area contributed by atoms with E-state index in [0.717, 1.165) is 11.1 Å². The average molecular weight is 405 g/mol. The number of Topliss-reactive ketones (excluding diaryl/α,β-unsaturated/α-hetero) is 1. The Bertz CT molecular complexity index is 1000. The Morgan fingerprint density at radius 2 is 1.75 bits per heavy atom. The fraction of sp³-hybridized carbons (Fsp3) is 0.300. The summed E-state index contributed by atoms with van der Waals surface area (Å²) in [7, 11) is -1.45. The monoisotopic (exact) mass is 405 g/mol. The highest BCUT2D eigenvalue weighted by Crippen LogP contribution is 2.18. The van der Waals surface area contributed by atoms with E-state index < -0.39 is 22.1 Å². The maximum Gasteiger partial charge on any atom is 0.338 e. The molecule has 0 amide bonds. The van der Waals surface area contributed by atoms with Crippen LogP contribution in [0.1, 0.15) is 38.8 Å². The molecule has 0 aliphatic rings. The number of hydroxylamine groups is 1. The van der Waals surface area contributed by atoms with Crippen molar-refractivity contribution < 1.29 is 27.6 Å². The third kappa shape index (κ3) is 4.64. The first kappa shape index (κ1) is 21.7. The zero-order valence-electron chi connectivity index (χ0n) is 16.4. The highest BCUT2D eigenvalue weighted by Gasteiger charge is 2.25. The van der Waals surface area contributed by atoms with Crippen molar-refractivity contribution in [1.82, 2.24) is 4.47 Å². The number of carbonyl (C=O) groups is 2. The van der Waals surface area contributed by atoms with Crippen molar-refractivity contribution in [2.24, 2.45) is 0 Å². The number of aryl methyl sites for hydroxylation is 2. The summed E-state index contributed by atoms with van der Waals surface area (Å²) < 4.78 is 30.6. The van der Waals surface area contributed by atoms with Gasteiger partial charge in [0.1, 0.15) is 0 Å². The van der Waals surface area contributed by atoms with E-state index in [9.17, 15) is 18.0 Å². The van der Waals surface area contributed by atoms with Crippen LogP contribution in [0.25, 0.3) is 0 Å². The molecule has 8 heteroatoms. The second-order valence-corrected chi connectivity index (χ2v) is 8.29. The van der Waals surface area contributed by atoms with Gasteiger partial charge in [-0.3, -0.25) is 9.63 Å². The minimum Gasteiger partial charge on any atom is -0.451 e. The summed E-state index contributed by atoms with van der Waals surface area (Å²) in [4.78, 5) is 29.7. The first-order chi connectivity index (χ1) is 13.1. The lowest BCUT2D eigenvalue weighted by Crippen LogP contribution is -2.27. The predicted octanol–water partition coefficient (Wildman–Crippen LogP) is 2.91. The van der Waals surface area contributed by atoms with Gasteiger partial charge in [-0.05, 0) is 50.6 Å². The van der Waals surface area contributed by atoms with Gasteiger partial charge in [0.05, 0.1) is 17.6 Å². The fourth-order valence-corrected chi connectivity index (χ4v) is 3.55. The van der Waals surface area contributed by atoms with Gasteiger partial charge in [0.25, 0.3) is 10.0 Å². The summed E-state index contributed by atoms with van der Waals surface area (Å²) in [6, 6.07) is 10.8. The Morgan fingerprint density at radius 1 is 1.07 bits per heavy atom. The van der Waals surface area contributed by atoms with Gasteiger partial charge in [-0.15, -0.1) is 0 Å². The second kappa shape index (κ2) is 8.64. The molecule has 0 radical (unpaired) electrons. The molecule has 7 nitrogen and oxygen atoms in total. The molecule has 0 aliphatic heterocycles. The third-order valence-electron chi connectivity index (χ3n) is 4.27. The van der Waals surface area contributed by atoms with Crippen molar-refractivity contribution >= 4 is 21.8 Å². The van der Waals surface area contributed by atoms with Gasteiger partial charge < -0.3 is 4.74 Å². The number of esters is 1. The van der Waals surface area contributed by atoms with Crippen LogP contribution in [0, 0.1) is 13.8 Å². The molecule has 0 fully saturated rings. The van der Waals surface area contributed by atoms with Gasteiger partial charge in [0, 0.05) is 12.6 Å². The Balaban J connectivity index is 2.22. The minimum absolute atomic E-state index is 0.0196. The van der Waals surface area contributed by atoms with Crippen molar-refractivity contribution in [3.63, 3.8) is 0 Å². The molecule has 28 heavy (non-hydrogen) atoms. The first-order valence-electron chi connectivity index (χ1n) is 8.53. The molecule has 150 valence electrons. The summed E-state index contributed by atoms with van der Waals surface area (Å²) in [5.41, 5.74) is 2.21. The van der Waals surface area contributed by atoms with E-state index in [4.69, 9.17) is 9.57 Å². The zero-order chi connectivity index (χ0) is 21.1. The molecule has 0 spiro atoms. The summed E-state index contributed by atoms with van der Waals surface area (Å²) in [6.07, 6.45) is -1.02. The van der Waals surface area contributed by atoms with Gasteiger partial charge in [0.15, 0.2) is 6.10 Å². The summed E-state index contributed by atoms with van der Waals surface area (Å²) in [5.74, 6) is -1.11. The van der Waals surface area contributed by atoms with Crippen molar-refractivity contribution in [2.45, 2.75) is 31.8 Å². The minimum atomic E-state index is -3.91. The summed E-state index contributed by atoms with van der Waals surface area (Å²) in [6.45, 7) is 5.17. The highest BCUT2D eigenvalue weighted by molar-refractivity contribution is 7.89. The second-order valence-electron chi connectivity index (χ2n) is 6.36. The van der Waals surface area contributed by atoms with Crippen molar-refractivity contribution in [3.05, 3.63) is 64.7 Å². The maximum absolute atomic E-state index is 12.6. The summed E-state index contributed by atoms with van der Waals surface area (Å²) >= 11 is 0. The highest BCUT2D eigenvalue weighted by atomic mass is 32.2. The molecule has 2 aromatic rings. The molecule has 0 unspecified atom stereocenters. The lowest BCUT2D eigenvalue weighted by atomic mass is 9.99. The standard InChI is InChI=1S/C20H23NO6S/c1-13-9-10-14(2)18(11-13)19(22)15(3)27-20(23)16-7-6-8-17(12-16)28(24,25)21(4)26-5/h6-12,15H,1-5H3/t15-/m1/s1. The van der Waals surface area contributed by atoms with Gasteiger partial charge in [-0.1, -0.05) is 28.2 Å². The molecular formula is C20H23NO6S. The van der Waals surface area contributed by atoms with E-state index >= 15 is 0 Å². The summed E-state index contributed by atoms with van der Waals surface area (Å²) in [5, 5.41) is 0. The van der Waals surface area contributed by atoms with Crippen LogP contribution in [0.4, 0.5) is 0 Å². The van der Waals surface area contributed by atoms with E-state index in [1.165, 1.54) is 45.3 Å². The van der Waals surface area contributed by atoms with Crippen LogP contribution >= 0.6 is 0 Å². The van der Waals surface area contributed by atoms with Crippen LogP contribution in [0.15, 0.2) is 47.4 Å². The number of sulfonamides is 1. The Labute approximate surface area is 164 Å². The quantitative estimate of drug-likeness (QED) is 0.400. The van der Waals surface area contributed by atoms with Crippen LogP contribution in [0.3, 0.4) is 0 Å². The number of benzene rings is 2. The molecule has 0 saturated carbocycles. The number of hydrogen-bond donors (Lipinski definition) is 0. The number of ketones is 1. The predicted molar refractivity (Wildman–Crippen MR) is 104 cm³/mol. The Morgan fingerprint density at radius 3 is 2.39 bits per heavy atom. The number of hydrogen-bond acceptors (Lipinski definition) is 6. The first-order valence-corrected chi connectivity index (χ1v) is 9.97. The molecule has 0 aromatic heterocycles. The molecule has 1 atom stereocenters. The van der Waals surface area contributed by atoms with E-state index in [0.29, 0.717) is 10.0 Å². The molecule has 0 heterocycles. The number of ether oxygens (including phenoxy) is 1. The van der Waals surface area contributed by atoms with Crippen LogP contribution in [0.5, 0.6) is 0 Å². The van der Waals surface area contributed by atoms with E-state index in [2.05, 4.69) is 0 Å². The van der Waals surface area contributed by atoms with E-state index in [1.54, 1.807) is 6.07 Å². The lowest BCUT2D eigenvalue weighted by molar-refractivity contribution is -0.0258. The van der Waals surface area contributed by atoms with Crippen LogP contribution in [-0.2, 0) is 19.6 Å². The molecule has 0 saturated heterocycles. The smallest absolute Gasteiger partial charge is 0.338 e. The molecule has 2 rings (SSSR count). The van der Waals surface area contributed by atoms with Crippen LogP contribution in [0.2, 0.25) is 0 Å². The topological polar surface area (TPSA) is 90.0 Å². The van der Waals surface area contributed by atoms with Crippen LogP contribution < -0.4 is 0 Å². The average Bonchev–Trinajstić information content (AvgIpc) is 2.68. The van der Waals surface area contributed by atoms with Crippen molar-refractivity contribution in [2.75, 3.05) is 14.2 Å². The number of nitrogens with zero attached hydrogens (tertiary/aromatic N) is 1. The van der Waals surface area contributed by atoms with Gasteiger partial charge in [0.2, 0.25) is 5.78 Å². The third-order valence-corrected chi connectivity index (χ3v) is 5.95. The van der Waals surface area contributed by atoms with E-state index in [-0.39, 0.29) is 16.2 Å². The van der Waals surface area contributed by atoms with Crippen LogP contribution in [-0.4, -0.2) is 44.9 Å². The van der Waals surface area contributed by atoms with Gasteiger partial charge >= 0.3 is 5.97 Å². The molecule has 0 aliphatic carbocycles. The molecular weight excluding hydrogens is 382 g/mol. The van der Waals surface area contributed by atoms with E-state index in [1.807, 2.05) is 26.0 Å². The molecule has 2 aromatic carbocycles. The number of carbonyl (C=O) groups excluding carboxylic acids is 2. The maximum atomic E-state index is 12.6. The zero-order valence-corrected chi connectivity index (χ0v) is 17.2. The van der Waals surface area contributed by atoms with Gasteiger partial charge in [-0.25, -0.2) is 13.2 Å². The Kier molecular flexibility index (Phi) is 6.71. The van der Waals surface area contributed by atoms with Gasteiger partial charge in [-0.2, -0.15) is 0 Å². The SMILES string of the molecule is CON(C)S(=O)(=O)c1cccc(C(=O)O[C@H](C)C(=O)c2cc(C)ccc2C)c1. The largest absolute Gasteiger partial charge is 0.451 e. The number of rotatable bonds is 7. The lowest BCUT2D eigenvalue weighted by Gasteiger charge is -2.16. The normalized spacial score (nSPS) is 12.6. The van der Waals surface area contributed by atoms with Crippen molar-refractivity contribution in [3.8, 4) is 0 Å². The Hall–Kier alpha value is -2.55. The van der Waals surface area contributed by atoms with Crippen molar-refractivity contribution in [1.29, 1.82) is 0 Å². The molecule has 0 N–H and O–H groups in total. The molecule has 0 bridgehead atoms.